The lowest BCUT2D eigenvalue weighted by molar-refractivity contribution is 0.102. The molecule has 29 heavy (non-hydrogen) atoms. The largest absolute Gasteiger partial charge is 0.494 e. The van der Waals surface area contributed by atoms with Gasteiger partial charge in [-0.1, -0.05) is 30.3 Å². The van der Waals surface area contributed by atoms with E-state index in [1.54, 1.807) is 24.4 Å². The van der Waals surface area contributed by atoms with E-state index in [1.807, 2.05) is 54.6 Å². The second-order valence-corrected chi connectivity index (χ2v) is 6.77. The molecule has 1 amide bonds. The molecule has 1 aromatic heterocycles. The molecule has 0 aliphatic carbocycles. The fraction of sp³-hybridized carbons (Fsp3) is 0. The molecule has 140 valence electrons. The Morgan fingerprint density at radius 1 is 1.03 bits per heavy atom. The van der Waals surface area contributed by atoms with Crippen molar-refractivity contribution in [3.05, 3.63) is 88.3 Å². The molecule has 0 fully saturated rings. The van der Waals surface area contributed by atoms with Crippen LogP contribution in [0.15, 0.2) is 77.0 Å². The molecule has 0 saturated carbocycles. The number of amides is 1. The highest BCUT2D eigenvalue weighted by Crippen LogP contribution is 2.29. The summed E-state index contributed by atoms with van der Waals surface area (Å²) in [7, 11) is 0. The molecule has 0 saturated heterocycles. The summed E-state index contributed by atoms with van der Waals surface area (Å²) in [6.45, 7) is 0. The quantitative estimate of drug-likeness (QED) is 0.505. The summed E-state index contributed by atoms with van der Waals surface area (Å²) in [6.07, 6.45) is 3.57. The first-order chi connectivity index (χ1) is 14.2. The average molecular weight is 380 g/mol. The van der Waals surface area contributed by atoms with Crippen LogP contribution in [0.4, 0.5) is 11.4 Å². The van der Waals surface area contributed by atoms with Gasteiger partial charge in [0.1, 0.15) is 0 Å². The van der Waals surface area contributed by atoms with Gasteiger partial charge in [-0.2, -0.15) is 10.2 Å². The second-order valence-electron chi connectivity index (χ2n) is 6.77. The van der Waals surface area contributed by atoms with Crippen LogP contribution in [-0.2, 0) is 0 Å². The van der Waals surface area contributed by atoms with Crippen molar-refractivity contribution in [2.75, 3.05) is 5.32 Å². The number of carbonyl (C=O) groups is 1. The lowest BCUT2D eigenvalue weighted by atomic mass is 10.1. The van der Waals surface area contributed by atoms with Crippen LogP contribution in [0.5, 0.6) is 5.88 Å². The van der Waals surface area contributed by atoms with Gasteiger partial charge in [-0.25, -0.2) is 0 Å². The van der Waals surface area contributed by atoms with Gasteiger partial charge in [-0.15, -0.1) is 0 Å². The number of hydrogen-bond acceptors (Lipinski definition) is 4. The van der Waals surface area contributed by atoms with Crippen LogP contribution >= 0.6 is 0 Å². The summed E-state index contributed by atoms with van der Waals surface area (Å²) in [4.78, 5) is 15.6. The molecule has 6 heteroatoms. The molecule has 1 aliphatic heterocycles. The monoisotopic (exact) mass is 380 g/mol. The Bertz CT molecular complexity index is 1400. The van der Waals surface area contributed by atoms with Crippen LogP contribution in [0.3, 0.4) is 0 Å². The lowest BCUT2D eigenvalue weighted by Crippen LogP contribution is -2.11. The molecule has 0 spiro atoms. The predicted octanol–water partition coefficient (Wildman–Crippen LogP) is 3.79. The van der Waals surface area contributed by atoms with Crippen molar-refractivity contribution in [1.82, 2.24) is 4.98 Å². The Balaban J connectivity index is 1.56. The Morgan fingerprint density at radius 3 is 2.76 bits per heavy atom. The van der Waals surface area contributed by atoms with E-state index in [2.05, 4.69) is 20.5 Å². The smallest absolute Gasteiger partial charge is 0.255 e. The summed E-state index contributed by atoms with van der Waals surface area (Å²) < 4.78 is 0. The number of hydrogen-bond donors (Lipinski definition) is 3. The maximum Gasteiger partial charge on any atom is 0.255 e. The molecule has 4 aromatic rings. The molecule has 0 atom stereocenters. The highest BCUT2D eigenvalue weighted by molar-refractivity contribution is 6.07. The van der Waals surface area contributed by atoms with Crippen molar-refractivity contribution in [3.63, 3.8) is 0 Å². The van der Waals surface area contributed by atoms with Crippen LogP contribution in [0.25, 0.3) is 23.2 Å². The van der Waals surface area contributed by atoms with E-state index in [-0.39, 0.29) is 11.8 Å². The fourth-order valence-corrected chi connectivity index (χ4v) is 3.38. The van der Waals surface area contributed by atoms with Crippen LogP contribution in [-0.4, -0.2) is 16.0 Å². The van der Waals surface area contributed by atoms with E-state index in [0.717, 1.165) is 32.7 Å². The fourth-order valence-electron chi connectivity index (χ4n) is 3.38. The van der Waals surface area contributed by atoms with Crippen molar-refractivity contribution in [2.45, 2.75) is 0 Å². The first kappa shape index (κ1) is 16.9. The van der Waals surface area contributed by atoms with Crippen molar-refractivity contribution in [2.24, 2.45) is 10.2 Å². The number of aromatic hydroxyl groups is 1. The van der Waals surface area contributed by atoms with Crippen molar-refractivity contribution < 1.29 is 9.90 Å². The van der Waals surface area contributed by atoms with Crippen LogP contribution < -0.4 is 15.8 Å². The van der Waals surface area contributed by atoms with Gasteiger partial charge in [-0.3, -0.25) is 4.79 Å². The zero-order chi connectivity index (χ0) is 19.8. The number of carbonyl (C=O) groups excluding carboxylic acids is 1. The normalized spacial score (nSPS) is 12.8. The number of benzene rings is 3. The highest BCUT2D eigenvalue weighted by atomic mass is 16.3. The number of aromatic amines is 1. The topological polar surface area (TPSA) is 89.8 Å². The third-order valence-electron chi connectivity index (χ3n) is 4.84. The van der Waals surface area contributed by atoms with Gasteiger partial charge in [-0.05, 0) is 47.7 Å². The Hall–Kier alpha value is -4.19. The second kappa shape index (κ2) is 6.76. The molecule has 0 radical (unpaired) electrons. The molecule has 5 rings (SSSR count). The molecule has 3 N–H and O–H groups in total. The Morgan fingerprint density at radius 2 is 1.90 bits per heavy atom. The lowest BCUT2D eigenvalue weighted by Gasteiger charge is -2.05. The SMILES string of the molecule is O=C(Nc1ccccc1)c1ccc2[nH]c(O)c(/C=c3\ccc4c(c3)N=NC=4)c2c1. The first-order valence-corrected chi connectivity index (χ1v) is 9.11. The van der Waals surface area contributed by atoms with Crippen molar-refractivity contribution in [1.29, 1.82) is 0 Å². The predicted molar refractivity (Wildman–Crippen MR) is 113 cm³/mol. The third kappa shape index (κ3) is 3.17. The number of nitrogens with zero attached hydrogens (tertiary/aromatic N) is 2. The zero-order valence-corrected chi connectivity index (χ0v) is 15.3. The van der Waals surface area contributed by atoms with Gasteiger partial charge in [0.25, 0.3) is 5.91 Å². The van der Waals surface area contributed by atoms with E-state index in [0.29, 0.717) is 11.1 Å². The number of para-hydroxylation sites is 1. The standard InChI is InChI=1S/C23H16N4O2/c28-22(25-17-4-2-1-3-5-17)15-8-9-20-18(12-15)19(23(29)26-20)10-14-6-7-16-13-24-27-21(16)11-14/h1-13,26,29H,(H,25,28)/b14-10+. The minimum absolute atomic E-state index is 0.0503. The number of aromatic nitrogens is 1. The molecule has 0 unspecified atom stereocenters. The molecular weight excluding hydrogens is 364 g/mol. The molecule has 3 aromatic carbocycles. The summed E-state index contributed by atoms with van der Waals surface area (Å²) in [5.74, 6) is -0.160. The zero-order valence-electron chi connectivity index (χ0n) is 15.3. The number of fused-ring (bicyclic) bond motifs is 2. The molecule has 0 bridgehead atoms. The maximum absolute atomic E-state index is 12.6. The van der Waals surface area contributed by atoms with Gasteiger partial charge in [0.05, 0.1) is 11.9 Å². The van der Waals surface area contributed by atoms with Gasteiger partial charge in [0.15, 0.2) is 5.88 Å². The first-order valence-electron chi connectivity index (χ1n) is 9.11. The van der Waals surface area contributed by atoms with Crippen LogP contribution in [0, 0.1) is 0 Å². The number of nitrogens with one attached hydrogen (secondary N) is 2. The summed E-state index contributed by atoms with van der Waals surface area (Å²) in [6, 6.07) is 20.4. The van der Waals surface area contributed by atoms with Crippen LogP contribution in [0.1, 0.15) is 15.9 Å². The van der Waals surface area contributed by atoms with Gasteiger partial charge < -0.3 is 15.4 Å². The molecule has 2 heterocycles. The van der Waals surface area contributed by atoms with Gasteiger partial charge in [0.2, 0.25) is 0 Å². The van der Waals surface area contributed by atoms with E-state index in [9.17, 15) is 9.90 Å². The van der Waals surface area contributed by atoms with Crippen molar-refractivity contribution in [3.8, 4) is 5.88 Å². The van der Waals surface area contributed by atoms with Crippen LogP contribution in [0.2, 0.25) is 0 Å². The van der Waals surface area contributed by atoms with E-state index in [4.69, 9.17) is 0 Å². The number of azo groups is 1. The van der Waals surface area contributed by atoms with Gasteiger partial charge in [0, 0.05) is 32.9 Å². The average Bonchev–Trinajstić information content (AvgIpc) is 3.32. The van der Waals surface area contributed by atoms with Crippen molar-refractivity contribution >= 4 is 40.5 Å². The Kier molecular flexibility index (Phi) is 3.95. The Labute approximate surface area is 165 Å². The van der Waals surface area contributed by atoms with E-state index >= 15 is 0 Å². The summed E-state index contributed by atoms with van der Waals surface area (Å²) in [5, 5.41) is 23.9. The molecular formula is C23H16N4O2. The summed E-state index contributed by atoms with van der Waals surface area (Å²) >= 11 is 0. The highest BCUT2D eigenvalue weighted by Gasteiger charge is 2.13. The minimum Gasteiger partial charge on any atom is -0.494 e. The molecule has 1 aliphatic rings. The number of H-pyrrole nitrogens is 1. The van der Waals surface area contributed by atoms with E-state index < -0.39 is 0 Å². The van der Waals surface area contributed by atoms with E-state index in [1.165, 1.54) is 0 Å². The molecule has 6 nitrogen and oxygen atoms in total. The van der Waals surface area contributed by atoms with Gasteiger partial charge >= 0.3 is 0 Å². The third-order valence-corrected chi connectivity index (χ3v) is 4.84. The summed E-state index contributed by atoms with van der Waals surface area (Å²) in [5.41, 5.74) is 3.39. The maximum atomic E-state index is 12.6. The minimum atomic E-state index is -0.210. The number of rotatable bonds is 3. The number of anilines is 1.